The first-order valence-corrected chi connectivity index (χ1v) is 11.2. The maximum absolute atomic E-state index is 13.0. The van der Waals surface area contributed by atoms with Crippen molar-refractivity contribution in [2.45, 2.75) is 37.8 Å². The van der Waals surface area contributed by atoms with E-state index in [1.165, 1.54) is 0 Å². The average Bonchev–Trinajstić information content (AvgIpc) is 2.79. The van der Waals surface area contributed by atoms with E-state index in [1.807, 2.05) is 42.5 Å². The predicted octanol–water partition coefficient (Wildman–Crippen LogP) is 3.34. The Morgan fingerprint density at radius 3 is 2.84 bits per heavy atom. The topological polar surface area (TPSA) is 79.5 Å². The normalized spacial score (nSPS) is 28.4. The molecule has 6 heteroatoms. The van der Waals surface area contributed by atoms with Gasteiger partial charge in [-0.1, -0.05) is 24.3 Å². The first kappa shape index (κ1) is 19.9. The molecule has 2 bridgehead atoms. The molecule has 2 amide bonds. The molecule has 6 nitrogen and oxygen atoms in total. The summed E-state index contributed by atoms with van der Waals surface area (Å²) in [5, 5.41) is 10.0. The fourth-order valence-corrected chi connectivity index (χ4v) is 5.75. The minimum absolute atomic E-state index is 0.0128. The second-order valence-electron chi connectivity index (χ2n) is 9.07. The Bertz CT molecular complexity index is 1010. The Labute approximate surface area is 182 Å². The number of fused-ring (bicyclic) bond motifs is 3. The van der Waals surface area contributed by atoms with Crippen LogP contribution in [-0.2, 0) is 11.2 Å². The smallest absolute Gasteiger partial charge is 0.255 e. The Hall–Kier alpha value is -3.02. The van der Waals surface area contributed by atoms with E-state index in [0.29, 0.717) is 12.1 Å². The monoisotopic (exact) mass is 419 g/mol. The van der Waals surface area contributed by atoms with Crippen molar-refractivity contribution in [3.8, 4) is 5.75 Å². The summed E-state index contributed by atoms with van der Waals surface area (Å²) in [5.74, 6) is 1.52. The highest BCUT2D eigenvalue weighted by Gasteiger charge is 2.55. The number of rotatable bonds is 5. The molecule has 6 rings (SSSR count). The van der Waals surface area contributed by atoms with Gasteiger partial charge in [0.1, 0.15) is 11.4 Å². The first-order valence-electron chi connectivity index (χ1n) is 11.2. The van der Waals surface area contributed by atoms with Gasteiger partial charge in [0.15, 0.2) is 0 Å². The number of carbonyl (C=O) groups excluding carboxylic acids is 2. The summed E-state index contributed by atoms with van der Waals surface area (Å²) < 4.78 is 5.27. The third-order valence-electron chi connectivity index (χ3n) is 7.32. The fourth-order valence-electron chi connectivity index (χ4n) is 5.75. The molecule has 1 aliphatic heterocycles. The van der Waals surface area contributed by atoms with Crippen LogP contribution in [0.1, 0.15) is 41.6 Å². The largest absolute Gasteiger partial charge is 0.497 e. The predicted molar refractivity (Wildman–Crippen MR) is 119 cm³/mol. The van der Waals surface area contributed by atoms with Crippen molar-refractivity contribution >= 4 is 17.5 Å². The molecule has 0 radical (unpaired) electrons. The molecule has 4 aliphatic rings. The Balaban J connectivity index is 1.22. The molecule has 2 aromatic carbocycles. The molecular weight excluding hydrogens is 390 g/mol. The van der Waals surface area contributed by atoms with Gasteiger partial charge in [0.25, 0.3) is 5.91 Å². The summed E-state index contributed by atoms with van der Waals surface area (Å²) in [5.41, 5.74) is 2.32. The summed E-state index contributed by atoms with van der Waals surface area (Å²) >= 11 is 0. The SMILES string of the molecule is COc1cccc(CCNC(=O)[C@H]2C[C@@H]3CC[C@@H]2C[C@@]32NC(=O)c3ccccc3N2)c1. The standard InChI is InChI=1S/C25H29N3O3/c1-31-19-6-4-5-16(13-19)11-12-26-23(29)21-14-18-10-9-17(21)15-25(18)27-22-8-3-2-7-20(22)24(30)28-25/h2-8,13,17-18,21,27H,9-12,14-15H2,1H3,(H,26,29)(H,28,30)/t17-,18+,21+,25-/m1/s1. The third kappa shape index (κ3) is 3.64. The first-order chi connectivity index (χ1) is 15.1. The van der Waals surface area contributed by atoms with Gasteiger partial charge in [-0.15, -0.1) is 0 Å². The zero-order valence-electron chi connectivity index (χ0n) is 17.8. The van der Waals surface area contributed by atoms with E-state index in [-0.39, 0.29) is 29.6 Å². The summed E-state index contributed by atoms with van der Waals surface area (Å²) in [6.45, 7) is 0.618. The number of anilines is 1. The molecule has 3 saturated carbocycles. The van der Waals surface area contributed by atoms with Crippen molar-refractivity contribution < 1.29 is 14.3 Å². The lowest BCUT2D eigenvalue weighted by molar-refractivity contribution is -0.132. The quantitative estimate of drug-likeness (QED) is 0.695. The molecule has 3 aliphatic carbocycles. The van der Waals surface area contributed by atoms with E-state index < -0.39 is 5.66 Å². The summed E-state index contributed by atoms with van der Waals surface area (Å²) in [6.07, 6.45) is 4.46. The van der Waals surface area contributed by atoms with Gasteiger partial charge in [0.05, 0.1) is 12.7 Å². The summed E-state index contributed by atoms with van der Waals surface area (Å²) in [6, 6.07) is 15.6. The van der Waals surface area contributed by atoms with Crippen molar-refractivity contribution in [2.75, 3.05) is 19.0 Å². The van der Waals surface area contributed by atoms with Crippen molar-refractivity contribution in [1.82, 2.24) is 10.6 Å². The second-order valence-corrected chi connectivity index (χ2v) is 9.07. The lowest BCUT2D eigenvalue weighted by Gasteiger charge is -2.56. The number of benzene rings is 2. The van der Waals surface area contributed by atoms with Crippen LogP contribution in [0.4, 0.5) is 5.69 Å². The van der Waals surface area contributed by atoms with E-state index in [9.17, 15) is 9.59 Å². The van der Waals surface area contributed by atoms with Gasteiger partial charge < -0.3 is 20.7 Å². The van der Waals surface area contributed by atoms with Crippen LogP contribution in [0.3, 0.4) is 0 Å². The maximum atomic E-state index is 13.0. The van der Waals surface area contributed by atoms with Crippen molar-refractivity contribution in [1.29, 1.82) is 0 Å². The highest BCUT2D eigenvalue weighted by Crippen LogP contribution is 2.51. The van der Waals surface area contributed by atoms with Gasteiger partial charge in [-0.05, 0) is 67.9 Å². The van der Waals surface area contributed by atoms with Crippen LogP contribution in [0.25, 0.3) is 0 Å². The lowest BCUT2D eigenvalue weighted by Crippen LogP contribution is -2.68. The van der Waals surface area contributed by atoms with E-state index in [2.05, 4.69) is 22.0 Å². The number of amides is 2. The van der Waals surface area contributed by atoms with Crippen LogP contribution >= 0.6 is 0 Å². The van der Waals surface area contributed by atoms with Crippen LogP contribution in [0.15, 0.2) is 48.5 Å². The van der Waals surface area contributed by atoms with Crippen LogP contribution in [0, 0.1) is 17.8 Å². The molecule has 2 aromatic rings. The van der Waals surface area contributed by atoms with E-state index >= 15 is 0 Å². The van der Waals surface area contributed by atoms with Crippen molar-refractivity contribution in [2.24, 2.45) is 17.8 Å². The van der Waals surface area contributed by atoms with Gasteiger partial charge in [-0.3, -0.25) is 9.59 Å². The molecule has 31 heavy (non-hydrogen) atoms. The molecule has 1 spiro atoms. The van der Waals surface area contributed by atoms with Crippen LogP contribution in [0.2, 0.25) is 0 Å². The molecule has 0 saturated heterocycles. The van der Waals surface area contributed by atoms with Crippen LogP contribution in [-0.4, -0.2) is 31.1 Å². The Morgan fingerprint density at radius 1 is 1.16 bits per heavy atom. The highest BCUT2D eigenvalue weighted by atomic mass is 16.5. The maximum Gasteiger partial charge on any atom is 0.255 e. The number of carbonyl (C=O) groups is 2. The van der Waals surface area contributed by atoms with Crippen molar-refractivity contribution in [3.63, 3.8) is 0 Å². The molecule has 0 unspecified atom stereocenters. The van der Waals surface area contributed by atoms with Crippen molar-refractivity contribution in [3.05, 3.63) is 59.7 Å². The second kappa shape index (κ2) is 7.91. The number of methoxy groups -OCH3 is 1. The number of ether oxygens (including phenoxy) is 1. The van der Waals surface area contributed by atoms with Gasteiger partial charge in [0, 0.05) is 24.1 Å². The molecule has 1 heterocycles. The molecule has 3 N–H and O–H groups in total. The minimum Gasteiger partial charge on any atom is -0.497 e. The van der Waals surface area contributed by atoms with Gasteiger partial charge in [-0.25, -0.2) is 0 Å². The zero-order valence-corrected chi connectivity index (χ0v) is 17.8. The molecule has 0 aromatic heterocycles. The number of nitrogens with one attached hydrogen (secondary N) is 3. The molecule has 3 fully saturated rings. The van der Waals surface area contributed by atoms with Gasteiger partial charge in [0.2, 0.25) is 5.91 Å². The number of hydrogen-bond donors (Lipinski definition) is 3. The third-order valence-corrected chi connectivity index (χ3v) is 7.32. The van der Waals surface area contributed by atoms with E-state index in [0.717, 1.165) is 49.1 Å². The Morgan fingerprint density at radius 2 is 2.03 bits per heavy atom. The van der Waals surface area contributed by atoms with Crippen LogP contribution < -0.4 is 20.7 Å². The molecular formula is C25H29N3O3. The van der Waals surface area contributed by atoms with Crippen LogP contribution in [0.5, 0.6) is 5.75 Å². The fraction of sp³-hybridized carbons (Fsp3) is 0.440. The summed E-state index contributed by atoms with van der Waals surface area (Å²) in [7, 11) is 1.66. The van der Waals surface area contributed by atoms with E-state index in [4.69, 9.17) is 4.74 Å². The number of hydrogen-bond acceptors (Lipinski definition) is 4. The number of para-hydroxylation sites is 1. The lowest BCUT2D eigenvalue weighted by atomic mass is 9.58. The minimum atomic E-state index is -0.425. The highest BCUT2D eigenvalue weighted by molar-refractivity contribution is 6.02. The zero-order chi connectivity index (χ0) is 21.4. The summed E-state index contributed by atoms with van der Waals surface area (Å²) in [4.78, 5) is 25.7. The molecule has 162 valence electrons. The van der Waals surface area contributed by atoms with Gasteiger partial charge in [-0.2, -0.15) is 0 Å². The molecule has 4 atom stereocenters. The Kier molecular flexibility index (Phi) is 5.08. The van der Waals surface area contributed by atoms with Gasteiger partial charge >= 0.3 is 0 Å². The average molecular weight is 420 g/mol. The van der Waals surface area contributed by atoms with E-state index in [1.54, 1.807) is 7.11 Å².